The predicted molar refractivity (Wildman–Crippen MR) is 77.6 cm³/mol. The molecule has 1 N–H and O–H groups in total. The van der Waals surface area contributed by atoms with Crippen molar-refractivity contribution in [1.29, 1.82) is 0 Å². The Morgan fingerprint density at radius 2 is 2.00 bits per heavy atom. The molecule has 2 atom stereocenters. The molecule has 0 bridgehead atoms. The quantitative estimate of drug-likeness (QED) is 0.904. The van der Waals surface area contributed by atoms with Crippen LogP contribution in [0.1, 0.15) is 37.3 Å². The van der Waals surface area contributed by atoms with Gasteiger partial charge in [0, 0.05) is 12.6 Å². The summed E-state index contributed by atoms with van der Waals surface area (Å²) in [5.74, 6) is 1.02. The third kappa shape index (κ3) is 3.28. The first-order valence-electron chi connectivity index (χ1n) is 7.50. The van der Waals surface area contributed by atoms with Crippen molar-refractivity contribution in [2.45, 2.75) is 37.8 Å². The normalized spacial score (nSPS) is 28.5. The Bertz CT molecular complexity index is 398. The first kappa shape index (κ1) is 12.9. The molecule has 2 unspecified atom stereocenters. The second-order valence-corrected chi connectivity index (χ2v) is 5.86. The Morgan fingerprint density at radius 3 is 2.68 bits per heavy atom. The van der Waals surface area contributed by atoms with Gasteiger partial charge in [0.15, 0.2) is 0 Å². The Labute approximate surface area is 115 Å². The average Bonchev–Trinajstić information content (AvgIpc) is 2.94. The molecule has 2 heterocycles. The van der Waals surface area contributed by atoms with Crippen molar-refractivity contribution in [3.63, 3.8) is 0 Å². The third-order valence-electron chi connectivity index (χ3n) is 4.23. The number of likely N-dealkylation sites (N-methyl/N-ethyl adjacent to an activating group) is 1. The highest BCUT2D eigenvalue weighted by Gasteiger charge is 2.19. The van der Waals surface area contributed by atoms with E-state index in [0.717, 1.165) is 18.8 Å². The van der Waals surface area contributed by atoms with Crippen LogP contribution in [0.3, 0.4) is 0 Å². The maximum atomic E-state index is 6.08. The van der Waals surface area contributed by atoms with Crippen molar-refractivity contribution in [1.82, 2.24) is 10.2 Å². The molecule has 1 aromatic rings. The molecule has 3 nitrogen and oxygen atoms in total. The molecule has 0 saturated carbocycles. The average molecular weight is 260 g/mol. The molecule has 2 fully saturated rings. The molecule has 0 radical (unpaired) electrons. The van der Waals surface area contributed by atoms with Crippen LogP contribution in [0, 0.1) is 0 Å². The van der Waals surface area contributed by atoms with Gasteiger partial charge in [0.25, 0.3) is 0 Å². The predicted octanol–water partition coefficient (Wildman–Crippen LogP) is 2.58. The Morgan fingerprint density at radius 1 is 1.16 bits per heavy atom. The molecule has 2 saturated heterocycles. The molecule has 0 spiro atoms. The lowest BCUT2D eigenvalue weighted by molar-refractivity contribution is 0.104. The van der Waals surface area contributed by atoms with Crippen LogP contribution in [0.5, 0.6) is 5.75 Å². The fourth-order valence-electron chi connectivity index (χ4n) is 3.16. The lowest BCUT2D eigenvalue weighted by Crippen LogP contribution is -2.38. The van der Waals surface area contributed by atoms with E-state index in [1.165, 1.54) is 37.8 Å². The maximum absolute atomic E-state index is 6.08. The standard InChI is InChI=1S/C16H24N2O/c1-18-11-3-4-15(12-18)19-14-8-6-13(7-9-14)16-5-2-10-17-16/h6-9,15-17H,2-5,10-12H2,1H3. The zero-order chi connectivity index (χ0) is 13.1. The summed E-state index contributed by atoms with van der Waals surface area (Å²) in [6, 6.07) is 9.23. The Balaban J connectivity index is 1.59. The van der Waals surface area contributed by atoms with E-state index in [4.69, 9.17) is 4.74 Å². The largest absolute Gasteiger partial charge is 0.489 e. The van der Waals surface area contributed by atoms with E-state index in [0.29, 0.717) is 12.1 Å². The van der Waals surface area contributed by atoms with E-state index >= 15 is 0 Å². The van der Waals surface area contributed by atoms with E-state index in [1.807, 2.05) is 0 Å². The number of rotatable bonds is 3. The maximum Gasteiger partial charge on any atom is 0.119 e. The van der Waals surface area contributed by atoms with Crippen molar-refractivity contribution >= 4 is 0 Å². The lowest BCUT2D eigenvalue weighted by Gasteiger charge is -2.30. The second-order valence-electron chi connectivity index (χ2n) is 5.86. The molecule has 0 aliphatic carbocycles. The summed E-state index contributed by atoms with van der Waals surface area (Å²) < 4.78 is 6.08. The molecule has 2 aliphatic heterocycles. The SMILES string of the molecule is CN1CCCC(Oc2ccc(C3CCCN3)cc2)C1. The van der Waals surface area contributed by atoms with E-state index in [-0.39, 0.29) is 0 Å². The number of nitrogens with one attached hydrogen (secondary N) is 1. The van der Waals surface area contributed by atoms with Gasteiger partial charge in [-0.3, -0.25) is 0 Å². The zero-order valence-corrected chi connectivity index (χ0v) is 11.8. The van der Waals surface area contributed by atoms with Gasteiger partial charge in [-0.25, -0.2) is 0 Å². The van der Waals surface area contributed by atoms with Gasteiger partial charge in [-0.15, -0.1) is 0 Å². The number of piperidine rings is 1. The highest BCUT2D eigenvalue weighted by molar-refractivity contribution is 5.29. The molecular formula is C16H24N2O. The minimum Gasteiger partial charge on any atom is -0.489 e. The molecule has 2 aliphatic rings. The van der Waals surface area contributed by atoms with Crippen molar-refractivity contribution < 1.29 is 4.74 Å². The lowest BCUT2D eigenvalue weighted by atomic mass is 10.1. The zero-order valence-electron chi connectivity index (χ0n) is 11.8. The van der Waals surface area contributed by atoms with Crippen molar-refractivity contribution in [2.24, 2.45) is 0 Å². The fourth-order valence-corrected chi connectivity index (χ4v) is 3.16. The van der Waals surface area contributed by atoms with Gasteiger partial charge >= 0.3 is 0 Å². The monoisotopic (exact) mass is 260 g/mol. The summed E-state index contributed by atoms with van der Waals surface area (Å²) in [7, 11) is 2.17. The third-order valence-corrected chi connectivity index (χ3v) is 4.23. The van der Waals surface area contributed by atoms with Crippen LogP contribution < -0.4 is 10.1 Å². The number of hydrogen-bond donors (Lipinski definition) is 1. The molecule has 0 amide bonds. The van der Waals surface area contributed by atoms with Crippen molar-refractivity contribution in [3.8, 4) is 5.75 Å². The summed E-state index contributed by atoms with van der Waals surface area (Å²) in [5.41, 5.74) is 1.39. The minimum absolute atomic E-state index is 0.356. The number of ether oxygens (including phenoxy) is 1. The van der Waals surface area contributed by atoms with Crippen molar-refractivity contribution in [3.05, 3.63) is 29.8 Å². The van der Waals surface area contributed by atoms with E-state index in [2.05, 4.69) is 41.5 Å². The molecule has 3 rings (SSSR count). The summed E-state index contributed by atoms with van der Waals surface area (Å²) in [6.07, 6.45) is 5.32. The van der Waals surface area contributed by atoms with E-state index in [9.17, 15) is 0 Å². The molecule has 19 heavy (non-hydrogen) atoms. The van der Waals surface area contributed by atoms with Gasteiger partial charge in [0.2, 0.25) is 0 Å². The Hall–Kier alpha value is -1.06. The van der Waals surface area contributed by atoms with Crippen LogP contribution in [0.25, 0.3) is 0 Å². The number of likely N-dealkylation sites (tertiary alicyclic amines) is 1. The highest BCUT2D eigenvalue weighted by atomic mass is 16.5. The van der Waals surface area contributed by atoms with Gasteiger partial charge in [0.1, 0.15) is 11.9 Å². The van der Waals surface area contributed by atoms with Gasteiger partial charge in [0.05, 0.1) is 0 Å². The van der Waals surface area contributed by atoms with Gasteiger partial charge in [-0.2, -0.15) is 0 Å². The Kier molecular flexibility index (Phi) is 4.04. The molecule has 0 aromatic heterocycles. The van der Waals surface area contributed by atoms with Gasteiger partial charge in [-0.05, 0) is 63.5 Å². The molecule has 1 aromatic carbocycles. The van der Waals surface area contributed by atoms with Crippen LogP contribution in [0.2, 0.25) is 0 Å². The molecule has 3 heteroatoms. The van der Waals surface area contributed by atoms with Crippen LogP contribution in [0.4, 0.5) is 0 Å². The van der Waals surface area contributed by atoms with E-state index < -0.39 is 0 Å². The van der Waals surface area contributed by atoms with Crippen molar-refractivity contribution in [2.75, 3.05) is 26.7 Å². The smallest absolute Gasteiger partial charge is 0.119 e. The van der Waals surface area contributed by atoms with Gasteiger partial charge < -0.3 is 15.0 Å². The van der Waals surface area contributed by atoms with Crippen LogP contribution >= 0.6 is 0 Å². The first-order chi connectivity index (χ1) is 9.31. The van der Waals surface area contributed by atoms with Crippen LogP contribution in [0.15, 0.2) is 24.3 Å². The topological polar surface area (TPSA) is 24.5 Å². The second kappa shape index (κ2) is 5.93. The first-order valence-corrected chi connectivity index (χ1v) is 7.50. The summed E-state index contributed by atoms with van der Waals surface area (Å²) in [6.45, 7) is 3.40. The fraction of sp³-hybridized carbons (Fsp3) is 0.625. The number of benzene rings is 1. The van der Waals surface area contributed by atoms with Gasteiger partial charge in [-0.1, -0.05) is 12.1 Å². The molecule has 104 valence electrons. The minimum atomic E-state index is 0.356. The number of hydrogen-bond acceptors (Lipinski definition) is 3. The number of nitrogens with zero attached hydrogens (tertiary/aromatic N) is 1. The van der Waals surface area contributed by atoms with Crippen LogP contribution in [-0.4, -0.2) is 37.7 Å². The van der Waals surface area contributed by atoms with Crippen LogP contribution in [-0.2, 0) is 0 Å². The summed E-state index contributed by atoms with van der Waals surface area (Å²) in [5, 5.41) is 3.53. The highest BCUT2D eigenvalue weighted by Crippen LogP contribution is 2.25. The summed E-state index contributed by atoms with van der Waals surface area (Å²) in [4.78, 5) is 2.35. The summed E-state index contributed by atoms with van der Waals surface area (Å²) >= 11 is 0. The molecular weight excluding hydrogens is 236 g/mol. The van der Waals surface area contributed by atoms with E-state index in [1.54, 1.807) is 0 Å².